The summed E-state index contributed by atoms with van der Waals surface area (Å²) >= 11 is 0. The molecule has 5 heteroatoms. The van der Waals surface area contributed by atoms with Gasteiger partial charge in [-0.25, -0.2) is 4.98 Å². The van der Waals surface area contributed by atoms with Gasteiger partial charge < -0.3 is 20.5 Å². The van der Waals surface area contributed by atoms with Gasteiger partial charge in [-0.2, -0.15) is 0 Å². The zero-order valence-electron chi connectivity index (χ0n) is 10.8. The molecule has 1 saturated heterocycles. The van der Waals surface area contributed by atoms with Gasteiger partial charge in [0.25, 0.3) is 0 Å². The summed E-state index contributed by atoms with van der Waals surface area (Å²) in [5.74, 6) is 0.595. The van der Waals surface area contributed by atoms with Crippen LogP contribution in [0.2, 0.25) is 0 Å². The summed E-state index contributed by atoms with van der Waals surface area (Å²) in [6.45, 7) is 4.96. The highest BCUT2D eigenvalue weighted by atomic mass is 16.6. The molecule has 0 aromatic carbocycles. The largest absolute Gasteiger partial charge is 0.383 e. The second-order valence-corrected chi connectivity index (χ2v) is 4.40. The lowest BCUT2D eigenvalue weighted by molar-refractivity contribution is -0.101. The molecule has 3 N–H and O–H groups in total. The smallest absolute Gasteiger partial charge is 0.126 e. The number of aromatic nitrogens is 1. The maximum atomic E-state index is 5.88. The number of rotatable bonds is 5. The molecule has 0 bridgehead atoms. The third kappa shape index (κ3) is 3.41. The van der Waals surface area contributed by atoms with Gasteiger partial charge in [0.05, 0.1) is 25.9 Å². The fraction of sp³-hybridized carbons (Fsp3) is 0.615. The molecule has 2 rings (SSSR count). The highest BCUT2D eigenvalue weighted by molar-refractivity contribution is 5.39. The Morgan fingerprint density at radius 2 is 2.44 bits per heavy atom. The van der Waals surface area contributed by atoms with Crippen LogP contribution in [0.5, 0.6) is 0 Å². The van der Waals surface area contributed by atoms with Gasteiger partial charge in [0, 0.05) is 12.2 Å². The monoisotopic (exact) mass is 251 g/mol. The van der Waals surface area contributed by atoms with Crippen LogP contribution in [0.3, 0.4) is 0 Å². The van der Waals surface area contributed by atoms with Gasteiger partial charge in [0.1, 0.15) is 5.82 Å². The summed E-state index contributed by atoms with van der Waals surface area (Å²) in [7, 11) is 0. The molecule has 1 aliphatic heterocycles. The van der Waals surface area contributed by atoms with Crippen LogP contribution in [0.4, 0.5) is 5.82 Å². The van der Waals surface area contributed by atoms with Gasteiger partial charge in [-0.15, -0.1) is 0 Å². The molecule has 0 saturated carbocycles. The second-order valence-electron chi connectivity index (χ2n) is 4.40. The zero-order chi connectivity index (χ0) is 12.8. The van der Waals surface area contributed by atoms with E-state index in [1.165, 1.54) is 0 Å². The molecule has 0 aliphatic carbocycles. The number of nitrogens with one attached hydrogen (secondary N) is 1. The molecule has 5 nitrogen and oxygen atoms in total. The van der Waals surface area contributed by atoms with Crippen molar-refractivity contribution in [1.82, 2.24) is 10.3 Å². The average Bonchev–Trinajstić information content (AvgIpc) is 2.42. The van der Waals surface area contributed by atoms with Gasteiger partial charge in [0.2, 0.25) is 0 Å². The molecule has 0 amide bonds. The zero-order valence-corrected chi connectivity index (χ0v) is 10.8. The van der Waals surface area contributed by atoms with E-state index in [0.717, 1.165) is 18.5 Å². The van der Waals surface area contributed by atoms with Crippen LogP contribution >= 0.6 is 0 Å². The number of nitrogen functional groups attached to an aromatic ring is 1. The highest BCUT2D eigenvalue weighted by Gasteiger charge is 2.25. The van der Waals surface area contributed by atoms with E-state index in [9.17, 15) is 0 Å². The Bertz CT molecular complexity index is 367. The van der Waals surface area contributed by atoms with Crippen LogP contribution in [0.1, 0.15) is 12.5 Å². The van der Waals surface area contributed by atoms with Crippen molar-refractivity contribution < 1.29 is 9.47 Å². The lowest BCUT2D eigenvalue weighted by Gasteiger charge is -2.31. The number of nitrogens with two attached hydrogens (primary N) is 1. The number of pyridine rings is 1. The molecule has 1 aromatic heterocycles. The Kier molecular flexibility index (Phi) is 4.92. The lowest BCUT2D eigenvalue weighted by atomic mass is 10.0. The van der Waals surface area contributed by atoms with Gasteiger partial charge in [-0.3, -0.25) is 0 Å². The Balaban J connectivity index is 2.03. The number of hydrogen-bond acceptors (Lipinski definition) is 5. The fourth-order valence-electron chi connectivity index (χ4n) is 2.20. The van der Waals surface area contributed by atoms with Gasteiger partial charge in [-0.1, -0.05) is 13.0 Å². The number of nitrogens with zero attached hydrogens (tertiary/aromatic N) is 1. The predicted molar refractivity (Wildman–Crippen MR) is 70.4 cm³/mol. The van der Waals surface area contributed by atoms with E-state index in [4.69, 9.17) is 15.2 Å². The lowest BCUT2D eigenvalue weighted by Crippen LogP contribution is -2.48. The van der Waals surface area contributed by atoms with E-state index < -0.39 is 0 Å². The summed E-state index contributed by atoms with van der Waals surface area (Å²) in [6, 6.07) is 4.13. The summed E-state index contributed by atoms with van der Waals surface area (Å²) in [5.41, 5.74) is 6.94. The molecule has 2 unspecified atom stereocenters. The van der Waals surface area contributed by atoms with Crippen LogP contribution in [0, 0.1) is 0 Å². The quantitative estimate of drug-likeness (QED) is 0.802. The van der Waals surface area contributed by atoms with Gasteiger partial charge in [-0.05, 0) is 24.6 Å². The van der Waals surface area contributed by atoms with Crippen molar-refractivity contribution in [1.29, 1.82) is 0 Å². The number of likely N-dealkylation sites (N-methyl/N-ethyl adjacent to an activating group) is 1. The first-order valence-corrected chi connectivity index (χ1v) is 6.43. The molecule has 2 atom stereocenters. The van der Waals surface area contributed by atoms with Gasteiger partial charge in [0.15, 0.2) is 0 Å². The first-order valence-electron chi connectivity index (χ1n) is 6.43. The van der Waals surface area contributed by atoms with Crippen LogP contribution in [0.25, 0.3) is 0 Å². The third-order valence-corrected chi connectivity index (χ3v) is 3.12. The Morgan fingerprint density at radius 1 is 1.56 bits per heavy atom. The van der Waals surface area contributed by atoms with Crippen LogP contribution in [0.15, 0.2) is 18.3 Å². The van der Waals surface area contributed by atoms with E-state index in [1.54, 1.807) is 6.20 Å². The first-order chi connectivity index (χ1) is 8.81. The summed E-state index contributed by atoms with van der Waals surface area (Å²) in [6.07, 6.45) is 2.60. The number of hydrogen-bond donors (Lipinski definition) is 2. The fourth-order valence-corrected chi connectivity index (χ4v) is 2.20. The van der Waals surface area contributed by atoms with E-state index in [1.807, 2.05) is 12.1 Å². The van der Waals surface area contributed by atoms with Crippen molar-refractivity contribution >= 4 is 5.82 Å². The third-order valence-electron chi connectivity index (χ3n) is 3.12. The Morgan fingerprint density at radius 3 is 3.11 bits per heavy atom. The first kappa shape index (κ1) is 13.3. The molecule has 1 fully saturated rings. The van der Waals surface area contributed by atoms with Crippen molar-refractivity contribution in [2.24, 2.45) is 0 Å². The van der Waals surface area contributed by atoms with Gasteiger partial charge >= 0.3 is 0 Å². The van der Waals surface area contributed by atoms with Crippen molar-refractivity contribution in [3.8, 4) is 0 Å². The van der Waals surface area contributed by atoms with Crippen LogP contribution in [-0.2, 0) is 15.9 Å². The van der Waals surface area contributed by atoms with E-state index >= 15 is 0 Å². The molecule has 1 aromatic rings. The highest BCUT2D eigenvalue weighted by Crippen LogP contribution is 2.15. The van der Waals surface area contributed by atoms with E-state index in [0.29, 0.717) is 25.6 Å². The Labute approximate surface area is 108 Å². The second kappa shape index (κ2) is 6.68. The minimum Gasteiger partial charge on any atom is -0.383 e. The molecule has 0 spiro atoms. The average molecular weight is 251 g/mol. The molecule has 1 aliphatic rings. The van der Waals surface area contributed by atoms with Crippen molar-refractivity contribution in [3.63, 3.8) is 0 Å². The molecule has 0 radical (unpaired) electrons. The minimum atomic E-state index is 0.0818. The normalized spacial score (nSPS) is 21.7. The maximum absolute atomic E-state index is 5.88. The van der Waals surface area contributed by atoms with E-state index in [-0.39, 0.29) is 12.1 Å². The summed E-state index contributed by atoms with van der Waals surface area (Å²) in [5, 5.41) is 3.44. The topological polar surface area (TPSA) is 69.4 Å². The minimum absolute atomic E-state index is 0.0818. The summed E-state index contributed by atoms with van der Waals surface area (Å²) < 4.78 is 11.2. The van der Waals surface area contributed by atoms with Crippen molar-refractivity contribution in [2.45, 2.75) is 25.5 Å². The number of ether oxygens (including phenoxy) is 2. The van der Waals surface area contributed by atoms with E-state index in [2.05, 4.69) is 17.2 Å². The molecule has 18 heavy (non-hydrogen) atoms. The van der Waals surface area contributed by atoms with Crippen molar-refractivity contribution in [3.05, 3.63) is 23.9 Å². The van der Waals surface area contributed by atoms with Crippen molar-refractivity contribution in [2.75, 3.05) is 32.1 Å². The molecular weight excluding hydrogens is 230 g/mol. The summed E-state index contributed by atoms with van der Waals surface area (Å²) in [4.78, 5) is 4.12. The standard InChI is InChI=1S/C13H21N3O2/c1-2-15-11(12-9-17-6-7-18-12)8-10-4-3-5-16-13(10)14/h3-5,11-12,15H,2,6-9H2,1H3,(H2,14,16). The Hall–Kier alpha value is -1.17. The SMILES string of the molecule is CCNC(Cc1cccnc1N)C1COCCO1. The molecular formula is C13H21N3O2. The predicted octanol–water partition coefficient (Wildman–Crippen LogP) is 0.600. The molecule has 2 heterocycles. The maximum Gasteiger partial charge on any atom is 0.126 e. The molecule has 100 valence electrons. The number of anilines is 1. The van der Waals surface area contributed by atoms with Crippen LogP contribution in [-0.4, -0.2) is 43.5 Å². The van der Waals surface area contributed by atoms with Crippen LogP contribution < -0.4 is 11.1 Å².